The molecule has 2 aromatic rings. The molecule has 102 valence electrons. The molecule has 0 fully saturated rings. The molecular weight excluding hydrogens is 270 g/mol. The monoisotopic (exact) mass is 285 g/mol. The van der Waals surface area contributed by atoms with Crippen LogP contribution in [0.25, 0.3) is 0 Å². The van der Waals surface area contributed by atoms with Crippen molar-refractivity contribution in [3.8, 4) is 6.07 Å². The van der Waals surface area contributed by atoms with Gasteiger partial charge in [-0.1, -0.05) is 44.2 Å². The van der Waals surface area contributed by atoms with Crippen LogP contribution in [0, 0.1) is 11.3 Å². The van der Waals surface area contributed by atoms with Gasteiger partial charge in [-0.15, -0.1) is 0 Å². The number of anilines is 1. The highest BCUT2D eigenvalue weighted by molar-refractivity contribution is 7.16. The zero-order chi connectivity index (χ0) is 14.8. The standard InChI is InChI=1S/C15H15N3OS/c1-15(2,3)11-6-4-10(5-7-11)13(19)18-14-17-9-12(8-16)20-14/h4-7,9H,1-3H3,(H,17,18,19). The highest BCUT2D eigenvalue weighted by Gasteiger charge is 2.14. The minimum Gasteiger partial charge on any atom is -0.298 e. The maximum Gasteiger partial charge on any atom is 0.257 e. The summed E-state index contributed by atoms with van der Waals surface area (Å²) in [6, 6.07) is 9.50. The summed E-state index contributed by atoms with van der Waals surface area (Å²) in [5.41, 5.74) is 1.81. The fraction of sp³-hybridized carbons (Fsp3) is 0.267. The number of nitriles is 1. The van der Waals surface area contributed by atoms with Gasteiger partial charge < -0.3 is 0 Å². The molecule has 0 radical (unpaired) electrons. The molecule has 0 aliphatic rings. The number of nitrogens with one attached hydrogen (secondary N) is 1. The number of hydrogen-bond donors (Lipinski definition) is 1. The zero-order valence-corrected chi connectivity index (χ0v) is 12.4. The van der Waals surface area contributed by atoms with Gasteiger partial charge in [0.05, 0.1) is 6.20 Å². The molecule has 1 N–H and O–H groups in total. The quantitative estimate of drug-likeness (QED) is 0.917. The molecule has 0 saturated carbocycles. The molecule has 0 aliphatic heterocycles. The van der Waals surface area contributed by atoms with E-state index in [1.807, 2.05) is 18.2 Å². The summed E-state index contributed by atoms with van der Waals surface area (Å²) in [5.74, 6) is -0.218. The third kappa shape index (κ3) is 3.22. The van der Waals surface area contributed by atoms with Gasteiger partial charge in [-0.3, -0.25) is 10.1 Å². The van der Waals surface area contributed by atoms with Gasteiger partial charge in [-0.2, -0.15) is 5.26 Å². The molecule has 1 aromatic carbocycles. The molecule has 1 aromatic heterocycles. The lowest BCUT2D eigenvalue weighted by Crippen LogP contribution is -2.14. The van der Waals surface area contributed by atoms with Crippen molar-refractivity contribution < 1.29 is 4.79 Å². The van der Waals surface area contributed by atoms with Crippen molar-refractivity contribution in [2.75, 3.05) is 5.32 Å². The Morgan fingerprint density at radius 2 is 1.95 bits per heavy atom. The number of thiazole rings is 1. The number of nitrogens with zero attached hydrogens (tertiary/aromatic N) is 2. The van der Waals surface area contributed by atoms with Crippen LogP contribution in [0.5, 0.6) is 0 Å². The lowest BCUT2D eigenvalue weighted by molar-refractivity contribution is 0.102. The Morgan fingerprint density at radius 1 is 1.30 bits per heavy atom. The first kappa shape index (κ1) is 14.2. The first-order valence-corrected chi connectivity index (χ1v) is 6.99. The minimum absolute atomic E-state index is 0.0615. The van der Waals surface area contributed by atoms with Gasteiger partial charge in [0.2, 0.25) is 0 Å². The Morgan fingerprint density at radius 3 is 2.45 bits per heavy atom. The van der Waals surface area contributed by atoms with Gasteiger partial charge >= 0.3 is 0 Å². The van der Waals surface area contributed by atoms with E-state index in [0.717, 1.165) is 11.3 Å². The van der Waals surface area contributed by atoms with Crippen LogP contribution in [0.15, 0.2) is 30.5 Å². The molecule has 0 bridgehead atoms. The van der Waals surface area contributed by atoms with Crippen molar-refractivity contribution in [2.24, 2.45) is 0 Å². The summed E-state index contributed by atoms with van der Waals surface area (Å²) in [7, 11) is 0. The zero-order valence-electron chi connectivity index (χ0n) is 11.6. The fourth-order valence-corrected chi connectivity index (χ4v) is 2.28. The molecular formula is C15H15N3OS. The smallest absolute Gasteiger partial charge is 0.257 e. The average molecular weight is 285 g/mol. The van der Waals surface area contributed by atoms with Crippen molar-refractivity contribution >= 4 is 22.4 Å². The molecule has 0 saturated heterocycles. The number of carbonyl (C=O) groups excluding carboxylic acids is 1. The molecule has 1 amide bonds. The number of amides is 1. The average Bonchev–Trinajstić information content (AvgIpc) is 2.85. The second-order valence-electron chi connectivity index (χ2n) is 5.42. The van der Waals surface area contributed by atoms with Gasteiger partial charge in [0.15, 0.2) is 5.13 Å². The molecule has 0 spiro atoms. The number of benzene rings is 1. The normalized spacial score (nSPS) is 10.9. The predicted molar refractivity (Wildman–Crippen MR) is 79.9 cm³/mol. The van der Waals surface area contributed by atoms with Crippen molar-refractivity contribution in [2.45, 2.75) is 26.2 Å². The van der Waals surface area contributed by atoms with Crippen LogP contribution < -0.4 is 5.32 Å². The maximum absolute atomic E-state index is 12.0. The van der Waals surface area contributed by atoms with Crippen LogP contribution >= 0.6 is 11.3 Å². The van der Waals surface area contributed by atoms with Crippen molar-refractivity contribution in [3.63, 3.8) is 0 Å². The van der Waals surface area contributed by atoms with E-state index in [9.17, 15) is 4.79 Å². The lowest BCUT2D eigenvalue weighted by Gasteiger charge is -2.18. The Labute approximate surface area is 122 Å². The Balaban J connectivity index is 2.12. The highest BCUT2D eigenvalue weighted by Crippen LogP contribution is 2.23. The van der Waals surface area contributed by atoms with Gasteiger partial charge in [0.1, 0.15) is 10.9 Å². The number of rotatable bonds is 2. The molecule has 5 heteroatoms. The minimum atomic E-state index is -0.218. The molecule has 20 heavy (non-hydrogen) atoms. The summed E-state index contributed by atoms with van der Waals surface area (Å²) in [5, 5.41) is 11.8. The number of aromatic nitrogens is 1. The SMILES string of the molecule is CC(C)(C)c1ccc(C(=O)Nc2ncc(C#N)s2)cc1. The van der Waals surface area contributed by atoms with Crippen molar-refractivity contribution in [3.05, 3.63) is 46.5 Å². The maximum atomic E-state index is 12.0. The molecule has 0 atom stereocenters. The van der Waals surface area contributed by atoms with Gasteiger partial charge in [0.25, 0.3) is 5.91 Å². The fourth-order valence-electron chi connectivity index (χ4n) is 1.67. The van der Waals surface area contributed by atoms with Gasteiger partial charge in [-0.25, -0.2) is 4.98 Å². The van der Waals surface area contributed by atoms with E-state index in [0.29, 0.717) is 15.6 Å². The molecule has 0 unspecified atom stereocenters. The molecule has 1 heterocycles. The Bertz CT molecular complexity index is 660. The summed E-state index contributed by atoms with van der Waals surface area (Å²) >= 11 is 1.16. The van der Waals surface area contributed by atoms with Crippen LogP contribution in [0.4, 0.5) is 5.13 Å². The number of hydrogen-bond acceptors (Lipinski definition) is 4. The van der Waals surface area contributed by atoms with Crippen molar-refractivity contribution in [1.29, 1.82) is 5.26 Å². The Kier molecular flexibility index (Phi) is 3.86. The highest BCUT2D eigenvalue weighted by atomic mass is 32.1. The molecule has 4 nitrogen and oxygen atoms in total. The second-order valence-corrected chi connectivity index (χ2v) is 6.45. The van der Waals surface area contributed by atoms with Crippen LogP contribution in [0.1, 0.15) is 41.6 Å². The van der Waals surface area contributed by atoms with E-state index < -0.39 is 0 Å². The predicted octanol–water partition coefficient (Wildman–Crippen LogP) is 3.56. The van der Waals surface area contributed by atoms with E-state index >= 15 is 0 Å². The van der Waals surface area contributed by atoms with Crippen LogP contribution in [-0.4, -0.2) is 10.9 Å². The van der Waals surface area contributed by atoms with Crippen LogP contribution in [0.3, 0.4) is 0 Å². The van der Waals surface area contributed by atoms with Crippen molar-refractivity contribution in [1.82, 2.24) is 4.98 Å². The summed E-state index contributed by atoms with van der Waals surface area (Å²) in [4.78, 5) is 16.5. The first-order chi connectivity index (χ1) is 9.40. The van der Waals surface area contributed by atoms with Gasteiger partial charge in [0, 0.05) is 5.56 Å². The van der Waals surface area contributed by atoms with E-state index in [1.54, 1.807) is 12.1 Å². The van der Waals surface area contributed by atoms with Crippen LogP contribution in [0.2, 0.25) is 0 Å². The lowest BCUT2D eigenvalue weighted by atomic mass is 9.87. The third-order valence-corrected chi connectivity index (χ3v) is 3.67. The first-order valence-electron chi connectivity index (χ1n) is 6.18. The largest absolute Gasteiger partial charge is 0.298 e. The molecule has 2 rings (SSSR count). The third-order valence-electron chi connectivity index (χ3n) is 2.85. The van der Waals surface area contributed by atoms with E-state index in [4.69, 9.17) is 5.26 Å². The Hall–Kier alpha value is -2.19. The van der Waals surface area contributed by atoms with E-state index in [-0.39, 0.29) is 11.3 Å². The summed E-state index contributed by atoms with van der Waals surface area (Å²) in [6.45, 7) is 6.38. The number of carbonyl (C=O) groups is 1. The van der Waals surface area contributed by atoms with Crippen LogP contribution in [-0.2, 0) is 5.41 Å². The summed E-state index contributed by atoms with van der Waals surface area (Å²) in [6.07, 6.45) is 1.45. The van der Waals surface area contributed by atoms with E-state index in [1.165, 1.54) is 11.8 Å². The second kappa shape index (κ2) is 5.43. The van der Waals surface area contributed by atoms with E-state index in [2.05, 4.69) is 31.1 Å². The topological polar surface area (TPSA) is 65.8 Å². The summed E-state index contributed by atoms with van der Waals surface area (Å²) < 4.78 is 0. The molecule has 0 aliphatic carbocycles. The van der Waals surface area contributed by atoms with Gasteiger partial charge in [-0.05, 0) is 23.1 Å².